The number of nitrogens with one attached hydrogen (secondary N) is 1. The fourth-order valence-electron chi connectivity index (χ4n) is 4.26. The Bertz CT molecular complexity index is 1100. The summed E-state index contributed by atoms with van der Waals surface area (Å²) in [5.74, 6) is -0.105. The van der Waals surface area contributed by atoms with E-state index in [0.717, 1.165) is 30.0 Å². The van der Waals surface area contributed by atoms with E-state index in [0.29, 0.717) is 26.1 Å². The fraction of sp³-hybridized carbons (Fsp3) is 0.391. The molecule has 4 rings (SSSR count). The van der Waals surface area contributed by atoms with Gasteiger partial charge in [0.05, 0.1) is 4.90 Å². The fourth-order valence-corrected chi connectivity index (χ4v) is 5.34. The molecule has 0 spiro atoms. The Kier molecular flexibility index (Phi) is 6.48. The van der Waals surface area contributed by atoms with Crippen molar-refractivity contribution < 1.29 is 18.0 Å². The minimum absolute atomic E-state index is 0.0496. The summed E-state index contributed by atoms with van der Waals surface area (Å²) in [7, 11) is -3.72. The summed E-state index contributed by atoms with van der Waals surface area (Å²) < 4.78 is 27.9. The van der Waals surface area contributed by atoms with Gasteiger partial charge in [0, 0.05) is 64.0 Å². The lowest BCUT2D eigenvalue weighted by atomic mass is 10.2. The van der Waals surface area contributed by atoms with Crippen LogP contribution >= 0.6 is 0 Å². The molecule has 2 aromatic carbocycles. The van der Waals surface area contributed by atoms with Crippen LogP contribution in [0.1, 0.15) is 18.9 Å². The smallest absolute Gasteiger partial charge is 0.240 e. The summed E-state index contributed by atoms with van der Waals surface area (Å²) in [5.41, 5.74) is 2.75. The standard InChI is InChI=1S/C23H28N4O4S/c1-18(28)27-12-10-19-17-21(7-8-22(19)27)32(30,31)24-11-9-23(29)26-15-13-25(14-16-26)20-5-3-2-4-6-20/h2-8,17,24H,9-16H2,1H3. The number of carbonyl (C=O) groups is 2. The zero-order chi connectivity index (χ0) is 22.7. The van der Waals surface area contributed by atoms with Crippen LogP contribution in [-0.4, -0.2) is 64.4 Å². The van der Waals surface area contributed by atoms with Crippen LogP contribution in [0.3, 0.4) is 0 Å². The van der Waals surface area contributed by atoms with Crippen LogP contribution in [0.25, 0.3) is 0 Å². The normalized spacial score (nSPS) is 16.2. The van der Waals surface area contributed by atoms with Gasteiger partial charge in [-0.2, -0.15) is 0 Å². The Labute approximate surface area is 188 Å². The van der Waals surface area contributed by atoms with Gasteiger partial charge in [0.1, 0.15) is 0 Å². The van der Waals surface area contributed by atoms with Gasteiger partial charge in [-0.05, 0) is 42.3 Å². The van der Waals surface area contributed by atoms with E-state index in [9.17, 15) is 18.0 Å². The lowest BCUT2D eigenvalue weighted by Crippen LogP contribution is -2.49. The first-order valence-electron chi connectivity index (χ1n) is 10.8. The van der Waals surface area contributed by atoms with Crippen LogP contribution < -0.4 is 14.5 Å². The molecule has 2 amide bonds. The van der Waals surface area contributed by atoms with E-state index in [1.807, 2.05) is 18.2 Å². The summed E-state index contributed by atoms with van der Waals surface area (Å²) in [6.45, 7) is 4.88. The van der Waals surface area contributed by atoms with E-state index >= 15 is 0 Å². The third-order valence-electron chi connectivity index (χ3n) is 6.02. The van der Waals surface area contributed by atoms with Crippen LogP contribution in [0.5, 0.6) is 0 Å². The van der Waals surface area contributed by atoms with Crippen molar-refractivity contribution in [3.63, 3.8) is 0 Å². The number of nitrogens with zero attached hydrogens (tertiary/aromatic N) is 3. The van der Waals surface area contributed by atoms with Crippen molar-refractivity contribution in [2.75, 3.05) is 49.1 Å². The average molecular weight is 457 g/mol. The lowest BCUT2D eigenvalue weighted by molar-refractivity contribution is -0.131. The topological polar surface area (TPSA) is 90.0 Å². The predicted octanol–water partition coefficient (Wildman–Crippen LogP) is 1.61. The Morgan fingerprint density at radius 3 is 2.38 bits per heavy atom. The molecule has 0 saturated carbocycles. The van der Waals surface area contributed by atoms with Crippen LogP contribution in [0.4, 0.5) is 11.4 Å². The van der Waals surface area contributed by atoms with Gasteiger partial charge in [0.15, 0.2) is 0 Å². The van der Waals surface area contributed by atoms with Crippen LogP contribution in [0, 0.1) is 0 Å². The van der Waals surface area contributed by atoms with Gasteiger partial charge in [-0.3, -0.25) is 9.59 Å². The highest BCUT2D eigenvalue weighted by atomic mass is 32.2. The number of hydrogen-bond acceptors (Lipinski definition) is 5. The highest BCUT2D eigenvalue weighted by Crippen LogP contribution is 2.30. The Morgan fingerprint density at radius 1 is 0.969 bits per heavy atom. The predicted molar refractivity (Wildman–Crippen MR) is 123 cm³/mol. The number of anilines is 2. The van der Waals surface area contributed by atoms with E-state index in [2.05, 4.69) is 21.8 Å². The minimum atomic E-state index is -3.72. The molecule has 170 valence electrons. The maximum Gasteiger partial charge on any atom is 0.240 e. The van der Waals surface area contributed by atoms with Crippen LogP contribution in [-0.2, 0) is 26.0 Å². The monoisotopic (exact) mass is 456 g/mol. The first-order valence-corrected chi connectivity index (χ1v) is 12.3. The van der Waals surface area contributed by atoms with E-state index in [-0.39, 0.29) is 29.7 Å². The van der Waals surface area contributed by atoms with Gasteiger partial charge in [-0.25, -0.2) is 13.1 Å². The van der Waals surface area contributed by atoms with Gasteiger partial charge in [0.2, 0.25) is 21.8 Å². The first kappa shape index (κ1) is 22.3. The average Bonchev–Trinajstić information content (AvgIpc) is 3.23. The molecule has 2 aliphatic rings. The van der Waals surface area contributed by atoms with E-state index in [4.69, 9.17) is 0 Å². The molecule has 0 aromatic heterocycles. The largest absolute Gasteiger partial charge is 0.368 e. The Balaban J connectivity index is 1.28. The summed E-state index contributed by atoms with van der Waals surface area (Å²) in [6.07, 6.45) is 0.749. The SMILES string of the molecule is CC(=O)N1CCc2cc(S(=O)(=O)NCCC(=O)N3CCN(c4ccccc4)CC3)ccc21. The van der Waals surface area contributed by atoms with Crippen molar-refractivity contribution in [2.24, 2.45) is 0 Å². The molecular formula is C23H28N4O4S. The third-order valence-corrected chi connectivity index (χ3v) is 7.48. The van der Waals surface area contributed by atoms with Crippen molar-refractivity contribution in [3.05, 3.63) is 54.1 Å². The van der Waals surface area contributed by atoms with Gasteiger partial charge in [0.25, 0.3) is 0 Å². The van der Waals surface area contributed by atoms with Crippen molar-refractivity contribution in [1.29, 1.82) is 0 Å². The Hall–Kier alpha value is -2.91. The number of rotatable bonds is 6. The van der Waals surface area contributed by atoms with E-state index in [1.165, 1.54) is 13.0 Å². The number of carbonyl (C=O) groups excluding carboxylic acids is 2. The molecule has 0 atom stereocenters. The molecule has 1 saturated heterocycles. The number of sulfonamides is 1. The number of amides is 2. The Morgan fingerprint density at radius 2 is 1.69 bits per heavy atom. The number of hydrogen-bond donors (Lipinski definition) is 1. The van der Waals surface area contributed by atoms with E-state index in [1.54, 1.807) is 21.9 Å². The van der Waals surface area contributed by atoms with E-state index < -0.39 is 10.0 Å². The van der Waals surface area contributed by atoms with Crippen molar-refractivity contribution in [1.82, 2.24) is 9.62 Å². The van der Waals surface area contributed by atoms with Crippen molar-refractivity contribution in [2.45, 2.75) is 24.7 Å². The summed E-state index contributed by atoms with van der Waals surface area (Å²) in [5, 5.41) is 0. The van der Waals surface area contributed by atoms with Crippen LogP contribution in [0.2, 0.25) is 0 Å². The van der Waals surface area contributed by atoms with Gasteiger partial charge in [-0.15, -0.1) is 0 Å². The molecule has 1 N–H and O–H groups in total. The number of piperazine rings is 1. The second-order valence-corrected chi connectivity index (χ2v) is 9.83. The summed E-state index contributed by atoms with van der Waals surface area (Å²) in [6, 6.07) is 14.9. The molecule has 0 unspecified atom stereocenters. The molecule has 8 nitrogen and oxygen atoms in total. The quantitative estimate of drug-likeness (QED) is 0.713. The maximum atomic E-state index is 12.7. The van der Waals surface area contributed by atoms with Gasteiger partial charge >= 0.3 is 0 Å². The second kappa shape index (κ2) is 9.30. The molecule has 32 heavy (non-hydrogen) atoms. The molecule has 2 heterocycles. The zero-order valence-electron chi connectivity index (χ0n) is 18.2. The number of fused-ring (bicyclic) bond motifs is 1. The summed E-state index contributed by atoms with van der Waals surface area (Å²) in [4.78, 5) is 30.1. The third kappa shape index (κ3) is 4.78. The molecule has 9 heteroatoms. The molecule has 1 fully saturated rings. The molecular weight excluding hydrogens is 428 g/mol. The zero-order valence-corrected chi connectivity index (χ0v) is 19.0. The molecule has 2 aliphatic heterocycles. The lowest BCUT2D eigenvalue weighted by Gasteiger charge is -2.36. The first-order chi connectivity index (χ1) is 15.3. The van der Waals surface area contributed by atoms with Gasteiger partial charge < -0.3 is 14.7 Å². The van der Waals surface area contributed by atoms with Gasteiger partial charge in [-0.1, -0.05) is 18.2 Å². The van der Waals surface area contributed by atoms with Crippen molar-refractivity contribution in [3.8, 4) is 0 Å². The highest BCUT2D eigenvalue weighted by Gasteiger charge is 2.25. The second-order valence-electron chi connectivity index (χ2n) is 8.06. The molecule has 0 radical (unpaired) electrons. The number of para-hydroxylation sites is 1. The molecule has 0 bridgehead atoms. The van der Waals surface area contributed by atoms with Crippen LogP contribution in [0.15, 0.2) is 53.4 Å². The molecule has 0 aliphatic carbocycles. The summed E-state index contributed by atoms with van der Waals surface area (Å²) >= 11 is 0. The minimum Gasteiger partial charge on any atom is -0.368 e. The maximum absolute atomic E-state index is 12.7. The highest BCUT2D eigenvalue weighted by molar-refractivity contribution is 7.89. The molecule has 2 aromatic rings. The van der Waals surface area contributed by atoms with Crippen molar-refractivity contribution >= 4 is 33.2 Å². The number of benzene rings is 2.